The molecule has 2 unspecified atom stereocenters. The van der Waals surface area contributed by atoms with Crippen molar-refractivity contribution < 1.29 is 33.0 Å². The molecule has 2 N–H and O–H groups in total. The summed E-state index contributed by atoms with van der Waals surface area (Å²) in [6.07, 6.45) is -3.70. The van der Waals surface area contributed by atoms with Crippen LogP contribution in [0.1, 0.15) is 37.5 Å². The summed E-state index contributed by atoms with van der Waals surface area (Å²) < 4.78 is 41.8. The number of halogens is 2. The largest absolute Gasteiger partial charge is 0.489 e. The Morgan fingerprint density at radius 3 is 1.98 bits per heavy atom. The maximum absolute atomic E-state index is 15.4. The summed E-state index contributed by atoms with van der Waals surface area (Å²) in [7, 11) is 1.24. The number of nitrogens with one attached hydrogen (secondary N) is 1. The maximum Gasteiger partial charge on any atom is 0.407 e. The standard InChI is InChI=1S/C31H36F2N2O5/c1-30(2,3)40-29(38)34-26(19-22-15-17-25(18-16-22)39-21-24-13-9-6-10-14-24)27(36)31(32,33)28(37)35(4)20-23-11-7-5-8-12-23/h5-18,26-27,36H,19-21H2,1-4H3,(H,34,38). The molecular weight excluding hydrogens is 518 g/mol. The van der Waals surface area contributed by atoms with Gasteiger partial charge in [-0.15, -0.1) is 0 Å². The van der Waals surface area contributed by atoms with E-state index < -0.39 is 35.7 Å². The predicted octanol–water partition coefficient (Wildman–Crippen LogP) is 5.36. The van der Waals surface area contributed by atoms with Gasteiger partial charge in [0, 0.05) is 13.6 Å². The lowest BCUT2D eigenvalue weighted by Gasteiger charge is -2.32. The van der Waals surface area contributed by atoms with Gasteiger partial charge < -0.3 is 24.8 Å². The zero-order valence-corrected chi connectivity index (χ0v) is 23.1. The normalized spacial score (nSPS) is 13.2. The molecule has 0 aliphatic rings. The third kappa shape index (κ3) is 9.05. The number of amides is 2. The zero-order valence-electron chi connectivity index (χ0n) is 23.1. The highest BCUT2D eigenvalue weighted by Gasteiger charge is 2.52. The van der Waals surface area contributed by atoms with Crippen molar-refractivity contribution in [3.8, 4) is 5.75 Å². The van der Waals surface area contributed by atoms with Crippen LogP contribution >= 0.6 is 0 Å². The van der Waals surface area contributed by atoms with Gasteiger partial charge in [-0.05, 0) is 56.0 Å². The highest BCUT2D eigenvalue weighted by atomic mass is 19.3. The number of nitrogens with zero attached hydrogens (tertiary/aromatic N) is 1. The quantitative estimate of drug-likeness (QED) is 0.333. The van der Waals surface area contributed by atoms with E-state index in [-0.39, 0.29) is 13.0 Å². The van der Waals surface area contributed by atoms with E-state index in [2.05, 4.69) is 5.32 Å². The van der Waals surface area contributed by atoms with Crippen molar-refractivity contribution in [2.45, 2.75) is 64.0 Å². The van der Waals surface area contributed by atoms with E-state index in [4.69, 9.17) is 9.47 Å². The van der Waals surface area contributed by atoms with E-state index in [9.17, 15) is 14.7 Å². The summed E-state index contributed by atoms with van der Waals surface area (Å²) in [5, 5.41) is 13.1. The molecule has 0 aromatic heterocycles. The fraction of sp³-hybridized carbons (Fsp3) is 0.355. The van der Waals surface area contributed by atoms with Crippen LogP contribution < -0.4 is 10.1 Å². The van der Waals surface area contributed by atoms with Crippen LogP contribution in [-0.4, -0.2) is 52.7 Å². The minimum atomic E-state index is -4.19. The Bertz CT molecular complexity index is 1230. The van der Waals surface area contributed by atoms with Crippen molar-refractivity contribution in [3.63, 3.8) is 0 Å². The van der Waals surface area contributed by atoms with Crippen LogP contribution in [0.15, 0.2) is 84.9 Å². The number of aliphatic hydroxyl groups excluding tert-OH is 1. The van der Waals surface area contributed by atoms with E-state index in [0.29, 0.717) is 23.5 Å². The Balaban J connectivity index is 1.74. The van der Waals surface area contributed by atoms with Crippen molar-refractivity contribution >= 4 is 12.0 Å². The minimum Gasteiger partial charge on any atom is -0.489 e. The van der Waals surface area contributed by atoms with Gasteiger partial charge in [-0.2, -0.15) is 8.78 Å². The summed E-state index contributed by atoms with van der Waals surface area (Å²) in [5.74, 6) is -5.19. The lowest BCUT2D eigenvalue weighted by atomic mass is 9.96. The van der Waals surface area contributed by atoms with Crippen LogP contribution in [0.25, 0.3) is 0 Å². The summed E-state index contributed by atoms with van der Waals surface area (Å²) >= 11 is 0. The Morgan fingerprint density at radius 1 is 0.875 bits per heavy atom. The van der Waals surface area contributed by atoms with Gasteiger partial charge in [-0.3, -0.25) is 4.79 Å². The van der Waals surface area contributed by atoms with Gasteiger partial charge in [0.1, 0.15) is 24.1 Å². The maximum atomic E-state index is 15.4. The second kappa shape index (κ2) is 13.4. The van der Waals surface area contributed by atoms with E-state index >= 15 is 8.78 Å². The molecule has 40 heavy (non-hydrogen) atoms. The van der Waals surface area contributed by atoms with Gasteiger partial charge in [0.2, 0.25) is 0 Å². The first-order valence-electron chi connectivity index (χ1n) is 13.0. The molecule has 2 amide bonds. The van der Waals surface area contributed by atoms with E-state index in [0.717, 1.165) is 10.5 Å². The number of carbonyl (C=O) groups is 2. The molecule has 214 valence electrons. The molecule has 0 fully saturated rings. The average Bonchev–Trinajstić information content (AvgIpc) is 2.91. The highest BCUT2D eigenvalue weighted by Crippen LogP contribution is 2.27. The lowest BCUT2D eigenvalue weighted by molar-refractivity contribution is -0.177. The number of hydrogen-bond donors (Lipinski definition) is 2. The molecule has 2 atom stereocenters. The van der Waals surface area contributed by atoms with Crippen molar-refractivity contribution in [3.05, 3.63) is 102 Å². The van der Waals surface area contributed by atoms with Crippen LogP contribution in [0.2, 0.25) is 0 Å². The number of benzene rings is 3. The summed E-state index contributed by atoms with van der Waals surface area (Å²) in [6.45, 7) is 5.16. The lowest BCUT2D eigenvalue weighted by Crippen LogP contribution is -2.58. The molecule has 9 heteroatoms. The molecular formula is C31H36F2N2O5. The van der Waals surface area contributed by atoms with Crippen LogP contribution in [0.3, 0.4) is 0 Å². The van der Waals surface area contributed by atoms with Gasteiger partial charge in [0.15, 0.2) is 0 Å². The third-order valence-corrected chi connectivity index (χ3v) is 5.98. The molecule has 0 saturated carbocycles. The first-order valence-corrected chi connectivity index (χ1v) is 13.0. The molecule has 3 rings (SSSR count). The predicted molar refractivity (Wildman–Crippen MR) is 148 cm³/mol. The number of hydrogen-bond acceptors (Lipinski definition) is 5. The smallest absolute Gasteiger partial charge is 0.407 e. The van der Waals surface area contributed by atoms with Crippen LogP contribution in [0, 0.1) is 0 Å². The number of rotatable bonds is 11. The summed E-state index contributed by atoms with van der Waals surface area (Å²) in [6, 6.07) is 23.4. The number of alkyl halides is 2. The van der Waals surface area contributed by atoms with E-state index in [1.54, 1.807) is 75.4 Å². The molecule has 0 aliphatic heterocycles. The minimum absolute atomic E-state index is 0.0728. The molecule has 0 heterocycles. The summed E-state index contributed by atoms with van der Waals surface area (Å²) in [4.78, 5) is 26.1. The van der Waals surface area contributed by atoms with Gasteiger partial charge in [0.05, 0.1) is 6.04 Å². The second-order valence-corrected chi connectivity index (χ2v) is 10.6. The third-order valence-electron chi connectivity index (χ3n) is 5.98. The first-order chi connectivity index (χ1) is 18.8. The van der Waals surface area contributed by atoms with Gasteiger partial charge in [0.25, 0.3) is 5.91 Å². The molecule has 3 aromatic rings. The molecule has 0 spiro atoms. The van der Waals surface area contributed by atoms with Crippen molar-refractivity contribution in [2.75, 3.05) is 7.05 Å². The Kier molecular flexibility index (Phi) is 10.2. The van der Waals surface area contributed by atoms with Crippen molar-refractivity contribution in [1.82, 2.24) is 10.2 Å². The number of carbonyl (C=O) groups excluding carboxylic acids is 2. The number of alkyl carbamates (subject to hydrolysis) is 1. The van der Waals surface area contributed by atoms with E-state index in [1.807, 2.05) is 30.3 Å². The Morgan fingerprint density at radius 2 is 1.43 bits per heavy atom. The fourth-order valence-corrected chi connectivity index (χ4v) is 3.98. The molecule has 0 saturated heterocycles. The van der Waals surface area contributed by atoms with Gasteiger partial charge >= 0.3 is 12.0 Å². The van der Waals surface area contributed by atoms with Gasteiger partial charge in [-0.1, -0.05) is 72.8 Å². The average molecular weight is 555 g/mol. The summed E-state index contributed by atoms with van der Waals surface area (Å²) in [5.41, 5.74) is 1.28. The SMILES string of the molecule is CN(Cc1ccccc1)C(=O)C(F)(F)C(O)C(Cc1ccc(OCc2ccccc2)cc1)NC(=O)OC(C)(C)C. The van der Waals surface area contributed by atoms with E-state index in [1.165, 1.54) is 7.05 Å². The number of ether oxygens (including phenoxy) is 2. The molecule has 7 nitrogen and oxygen atoms in total. The highest BCUT2D eigenvalue weighted by molar-refractivity contribution is 5.84. The Labute approximate surface area is 233 Å². The molecule has 0 radical (unpaired) electrons. The molecule has 0 aliphatic carbocycles. The van der Waals surface area contributed by atoms with Crippen LogP contribution in [-0.2, 0) is 29.1 Å². The van der Waals surface area contributed by atoms with Crippen molar-refractivity contribution in [2.24, 2.45) is 0 Å². The van der Waals surface area contributed by atoms with Gasteiger partial charge in [-0.25, -0.2) is 4.79 Å². The number of aliphatic hydroxyl groups is 1. The topological polar surface area (TPSA) is 88.1 Å². The Hall–Kier alpha value is -3.98. The fourth-order valence-electron chi connectivity index (χ4n) is 3.98. The zero-order chi connectivity index (χ0) is 29.3. The second-order valence-electron chi connectivity index (χ2n) is 10.6. The van der Waals surface area contributed by atoms with Crippen LogP contribution in [0.4, 0.5) is 13.6 Å². The molecule has 0 bridgehead atoms. The van der Waals surface area contributed by atoms with Crippen molar-refractivity contribution in [1.29, 1.82) is 0 Å². The van der Waals surface area contributed by atoms with Crippen LogP contribution in [0.5, 0.6) is 5.75 Å². The monoisotopic (exact) mass is 554 g/mol. The first kappa shape index (κ1) is 30.6. The molecule has 3 aromatic carbocycles.